The van der Waals surface area contributed by atoms with Crippen LogP contribution >= 0.6 is 11.3 Å². The molecule has 22 rings (SSSR count). The summed E-state index contributed by atoms with van der Waals surface area (Å²) in [5.74, 6) is 1.75. The van der Waals surface area contributed by atoms with Gasteiger partial charge in [0.25, 0.3) is 0 Å². The number of hydrogen-bond donors (Lipinski definition) is 0. The molecular formula is C128H118Ir3N8SSi3-6. The van der Waals surface area contributed by atoms with E-state index in [1.807, 2.05) is 139 Å². The van der Waals surface area contributed by atoms with Crippen molar-refractivity contribution < 1.29 is 60.3 Å². The Balaban J connectivity index is 0.000000144. The van der Waals surface area contributed by atoms with Crippen molar-refractivity contribution in [3.8, 4) is 73.2 Å². The number of pyridine rings is 6. The molecule has 0 amide bonds. The van der Waals surface area contributed by atoms with Gasteiger partial charge in [0.15, 0.2) is 0 Å². The van der Waals surface area contributed by atoms with E-state index in [1.54, 1.807) is 18.6 Å². The van der Waals surface area contributed by atoms with Gasteiger partial charge >= 0.3 is 0 Å². The van der Waals surface area contributed by atoms with Crippen LogP contribution in [0.25, 0.3) is 137 Å². The smallest absolute Gasteiger partial charge is 0.114 e. The van der Waals surface area contributed by atoms with Crippen LogP contribution in [0, 0.1) is 54.2 Å². The molecule has 13 aromatic carbocycles. The second-order valence-electron chi connectivity index (χ2n) is 38.4. The number of hydrogen-bond acceptors (Lipinski definition) is 7. The van der Waals surface area contributed by atoms with Gasteiger partial charge in [0.05, 0.1) is 0 Å². The van der Waals surface area contributed by atoms with E-state index in [0.717, 1.165) is 105 Å². The Morgan fingerprint density at radius 2 is 0.601 bits per heavy atom. The first-order valence-corrected chi connectivity index (χ1v) is 58.5. The van der Waals surface area contributed by atoms with Crippen molar-refractivity contribution in [1.82, 2.24) is 39.0 Å². The SMILES string of the molecule is CC(C)Cc1cc(-c2[c-]cc3c(c2)c2ccccc2n3-c2ccccc2)ncc1[Si](C)(C)c1ccccc1.CC(C)Cc1cc(-c2[c-]cc3sc4ccccc4c3c2)ncc1[Si](C)(C)c1ccccc1.CCn1c2c[c-]c(-c3cc(CC(C)C)c([Si](C)(C)c4ccccc4)cn3)cc2c2ccccc21.[Ir].[Ir].[Ir].[c-]1ccccc1-c1ccccn1.[c-]1ccccc1-c1ccccn1.[c-]1ccccc1-c1ccccn1. The molecule has 0 aliphatic rings. The molecule has 3 radical (unpaired) electrons. The molecular weight excluding hydrogens is 2340 g/mol. The fourth-order valence-electron chi connectivity index (χ4n) is 18.9. The maximum atomic E-state index is 5.06. The van der Waals surface area contributed by atoms with E-state index in [-0.39, 0.29) is 60.3 Å². The fourth-order valence-corrected chi connectivity index (χ4v) is 28.1. The first-order valence-electron chi connectivity index (χ1n) is 48.7. The number of fused-ring (bicyclic) bond motifs is 9. The molecule has 0 saturated heterocycles. The molecule has 9 heterocycles. The van der Waals surface area contributed by atoms with Gasteiger partial charge in [-0.25, -0.2) is 0 Å². The van der Waals surface area contributed by atoms with Crippen molar-refractivity contribution >= 4 is 130 Å². The molecule has 0 fully saturated rings. The summed E-state index contributed by atoms with van der Waals surface area (Å²) in [6.45, 7) is 31.6. The van der Waals surface area contributed by atoms with Crippen molar-refractivity contribution in [2.45, 2.75) is 114 Å². The summed E-state index contributed by atoms with van der Waals surface area (Å²) in [6.07, 6.45) is 15.0. The molecule has 721 valence electrons. The van der Waals surface area contributed by atoms with Gasteiger partial charge in [0.1, 0.15) is 24.2 Å². The number of para-hydroxylation sites is 3. The summed E-state index contributed by atoms with van der Waals surface area (Å²) >= 11 is 1.83. The molecule has 0 aliphatic heterocycles. The molecule has 0 N–H and O–H groups in total. The molecule has 0 saturated carbocycles. The van der Waals surface area contributed by atoms with Crippen molar-refractivity contribution in [3.05, 3.63) is 466 Å². The average Bonchev–Trinajstić information content (AvgIpc) is 1.60. The molecule has 22 aromatic rings. The second-order valence-corrected chi connectivity index (χ2v) is 52.6. The van der Waals surface area contributed by atoms with E-state index in [4.69, 9.17) is 15.0 Å². The third-order valence-corrected chi connectivity index (χ3v) is 37.9. The minimum absolute atomic E-state index is 0. The maximum Gasteiger partial charge on any atom is 0.114 e. The summed E-state index contributed by atoms with van der Waals surface area (Å²) in [5, 5.41) is 16.4. The van der Waals surface area contributed by atoms with Crippen molar-refractivity contribution in [2.75, 3.05) is 0 Å². The Kier molecular flexibility index (Phi) is 36.6. The van der Waals surface area contributed by atoms with Gasteiger partial charge in [0, 0.05) is 125 Å². The van der Waals surface area contributed by atoms with Gasteiger partial charge in [-0.2, -0.15) is 11.3 Å². The van der Waals surface area contributed by atoms with Gasteiger partial charge in [-0.3, -0.25) is 0 Å². The van der Waals surface area contributed by atoms with Gasteiger partial charge in [-0.05, 0) is 174 Å². The molecule has 143 heavy (non-hydrogen) atoms. The molecule has 0 spiro atoms. The Morgan fingerprint density at radius 1 is 0.273 bits per heavy atom. The van der Waals surface area contributed by atoms with Gasteiger partial charge in [-0.15, -0.1) is 179 Å². The van der Waals surface area contributed by atoms with E-state index in [0.29, 0.717) is 17.8 Å². The zero-order chi connectivity index (χ0) is 97.1. The largest absolute Gasteiger partial charge is 0.381 e. The minimum atomic E-state index is -1.88. The van der Waals surface area contributed by atoms with Gasteiger partial charge in [0.2, 0.25) is 0 Å². The maximum absolute atomic E-state index is 5.06. The van der Waals surface area contributed by atoms with Crippen LogP contribution in [0.2, 0.25) is 39.3 Å². The summed E-state index contributed by atoms with van der Waals surface area (Å²) in [7, 11) is -5.56. The van der Waals surface area contributed by atoms with Crippen LogP contribution in [0.3, 0.4) is 0 Å². The molecule has 0 atom stereocenters. The first kappa shape index (κ1) is 106. The number of benzene rings is 13. The van der Waals surface area contributed by atoms with Crippen LogP contribution in [-0.2, 0) is 86.1 Å². The third kappa shape index (κ3) is 25.2. The number of nitrogens with zero attached hydrogens (tertiary/aromatic N) is 8. The van der Waals surface area contributed by atoms with Crippen molar-refractivity contribution in [3.63, 3.8) is 0 Å². The second kappa shape index (κ2) is 49.4. The molecule has 0 unspecified atom stereocenters. The fraction of sp³-hybridized carbons (Fsp3) is 0.156. The van der Waals surface area contributed by atoms with E-state index in [1.165, 1.54) is 106 Å². The van der Waals surface area contributed by atoms with E-state index >= 15 is 0 Å². The monoisotopic (exact) mass is 2460 g/mol. The number of rotatable bonds is 20. The van der Waals surface area contributed by atoms with Crippen LogP contribution in [0.15, 0.2) is 413 Å². The molecule has 0 aliphatic carbocycles. The normalized spacial score (nSPS) is 11.2. The summed E-state index contributed by atoms with van der Waals surface area (Å²) in [5.41, 5.74) is 22.6. The molecule has 9 aromatic heterocycles. The Morgan fingerprint density at radius 3 is 0.979 bits per heavy atom. The number of thiophene rings is 1. The van der Waals surface area contributed by atoms with E-state index < -0.39 is 24.2 Å². The van der Waals surface area contributed by atoms with Crippen LogP contribution in [0.4, 0.5) is 0 Å². The molecule has 15 heteroatoms. The summed E-state index contributed by atoms with van der Waals surface area (Å²) < 4.78 is 7.32. The topological polar surface area (TPSA) is 87.2 Å². The third-order valence-electron chi connectivity index (χ3n) is 26.1. The standard InChI is InChI=1S/C35H33N2Si.C31H33N2Si.C29H28NSSi.3C11H8N.3Ir/c1-25(2)21-27-23-32(36-24-35(27)38(3,4)29-15-9-6-10-16-29)26-19-20-34-31(22-26)30-17-11-12-18-33(30)37(34)28-13-7-5-8-14-28;1-6-33-29-15-11-10-14-26(29)27-19-23(16-17-30(27)33)28-20-24(18-22(2)3)31(21-32-28)34(4,5)25-12-8-7-9-13-25;1-20(2)16-22-18-26(30-19-29(22)32(3,4)23-10-6-5-7-11-23)21-14-15-28-25(17-21)24-12-8-9-13-27(24)31-28;3*1-2-6-10(7-3-1)11-8-4-5-9-12-11;;;/h5-18,20,22-25H,21H2,1-4H3;7-15,17,19-22H,6,18H2,1-5H3;5-13,15,17-20H,16H2,1-4H3;3*1-6,8-9H;;;/q6*-1;;;. The van der Waals surface area contributed by atoms with Gasteiger partial charge in [-0.1, -0.05) is 348 Å². The van der Waals surface area contributed by atoms with E-state index in [2.05, 4.69) is 416 Å². The van der Waals surface area contributed by atoms with Gasteiger partial charge < -0.3 is 39.0 Å². The number of aromatic nitrogens is 8. The Bertz CT molecular complexity index is 7560. The molecule has 0 bridgehead atoms. The number of aryl methyl sites for hydroxylation is 1. The zero-order valence-corrected chi connectivity index (χ0v) is 94.3. The van der Waals surface area contributed by atoms with Crippen LogP contribution in [0.1, 0.15) is 65.2 Å². The predicted octanol–water partition coefficient (Wildman–Crippen LogP) is 28.9. The Hall–Kier alpha value is -12.8. The quantitative estimate of drug-likeness (QED) is 0.0558. The van der Waals surface area contributed by atoms with Crippen LogP contribution < -0.4 is 31.1 Å². The summed E-state index contributed by atoms with van der Waals surface area (Å²) in [6, 6.07) is 151. The first-order chi connectivity index (χ1) is 68.2. The average molecular weight is 2460 g/mol. The molecule has 8 nitrogen and oxygen atoms in total. The van der Waals surface area contributed by atoms with Crippen LogP contribution in [0.5, 0.6) is 0 Å². The van der Waals surface area contributed by atoms with Crippen molar-refractivity contribution in [2.24, 2.45) is 17.8 Å². The zero-order valence-electron chi connectivity index (χ0n) is 83.3. The minimum Gasteiger partial charge on any atom is -0.381 e. The Labute approximate surface area is 892 Å². The summed E-state index contributed by atoms with van der Waals surface area (Å²) in [4.78, 5) is 27.7. The predicted molar refractivity (Wildman–Crippen MR) is 602 cm³/mol. The van der Waals surface area contributed by atoms with E-state index in [9.17, 15) is 0 Å². The van der Waals surface area contributed by atoms with Crippen molar-refractivity contribution in [1.29, 1.82) is 0 Å². The van der Waals surface area contributed by atoms with Crippen LogP contribution in [-0.4, -0.2) is 63.3 Å².